The van der Waals surface area contributed by atoms with E-state index in [4.69, 9.17) is 0 Å². The molecule has 0 aliphatic carbocycles. The second kappa shape index (κ2) is 5.57. The van der Waals surface area contributed by atoms with Gasteiger partial charge in [0, 0.05) is 37.3 Å². The molecule has 3 aromatic rings. The Hall–Kier alpha value is -1.92. The molecule has 122 valence electrons. The lowest BCUT2D eigenvalue weighted by atomic mass is 9.96. The van der Waals surface area contributed by atoms with Crippen LogP contribution >= 0.6 is 22.7 Å². The van der Waals surface area contributed by atoms with Gasteiger partial charge in [-0.05, 0) is 40.9 Å². The standard InChI is InChI=1S/C18H17N3OS2/c22-18(20-6-2-16-12(9-20)3-7-23-16)13-10-21(11-13)15-1-5-19-14-4-8-24-17(14)15/h1,3-5,7-8,13H,2,6,9-11H2. The molecule has 0 radical (unpaired) electrons. The lowest BCUT2D eigenvalue weighted by Crippen LogP contribution is -2.55. The predicted molar refractivity (Wildman–Crippen MR) is 98.8 cm³/mol. The summed E-state index contributed by atoms with van der Waals surface area (Å²) < 4.78 is 1.23. The third-order valence-corrected chi connectivity index (χ3v) is 6.96. The van der Waals surface area contributed by atoms with Gasteiger partial charge in [0.25, 0.3) is 0 Å². The zero-order valence-corrected chi connectivity index (χ0v) is 14.8. The van der Waals surface area contributed by atoms with Gasteiger partial charge in [-0.25, -0.2) is 0 Å². The van der Waals surface area contributed by atoms with Crippen LogP contribution in [0.1, 0.15) is 10.4 Å². The van der Waals surface area contributed by atoms with Crippen LogP contribution in [0.4, 0.5) is 5.69 Å². The Bertz CT molecular complexity index is 910. The van der Waals surface area contributed by atoms with Crippen LogP contribution in [-0.2, 0) is 17.8 Å². The van der Waals surface area contributed by atoms with Gasteiger partial charge in [0.2, 0.25) is 5.91 Å². The molecular formula is C18H17N3OS2. The van der Waals surface area contributed by atoms with Crippen LogP contribution in [0.2, 0.25) is 0 Å². The van der Waals surface area contributed by atoms with Crippen molar-refractivity contribution in [3.63, 3.8) is 0 Å². The Morgan fingerprint density at radius 2 is 2.04 bits per heavy atom. The molecule has 0 atom stereocenters. The Kier molecular flexibility index (Phi) is 3.35. The summed E-state index contributed by atoms with van der Waals surface area (Å²) in [7, 11) is 0. The molecule has 0 spiro atoms. The zero-order chi connectivity index (χ0) is 16.1. The van der Waals surface area contributed by atoms with Gasteiger partial charge in [-0.2, -0.15) is 0 Å². The summed E-state index contributed by atoms with van der Waals surface area (Å²) in [5.74, 6) is 0.452. The first-order chi connectivity index (χ1) is 11.8. The number of rotatable bonds is 2. The third kappa shape index (κ3) is 2.24. The second-order valence-electron chi connectivity index (χ2n) is 6.45. The highest BCUT2D eigenvalue weighted by Gasteiger charge is 2.37. The van der Waals surface area contributed by atoms with Crippen molar-refractivity contribution in [2.75, 3.05) is 24.5 Å². The maximum Gasteiger partial charge on any atom is 0.229 e. The number of amides is 1. The van der Waals surface area contributed by atoms with Crippen LogP contribution in [-0.4, -0.2) is 35.4 Å². The molecule has 0 N–H and O–H groups in total. The van der Waals surface area contributed by atoms with E-state index in [0.29, 0.717) is 5.91 Å². The van der Waals surface area contributed by atoms with E-state index in [0.717, 1.165) is 38.1 Å². The number of pyridine rings is 1. The number of carbonyl (C=O) groups excluding carboxylic acids is 1. The zero-order valence-electron chi connectivity index (χ0n) is 13.1. The first-order valence-corrected chi connectivity index (χ1v) is 9.97. The summed E-state index contributed by atoms with van der Waals surface area (Å²) in [6.45, 7) is 3.30. The van der Waals surface area contributed by atoms with Gasteiger partial charge in [-0.15, -0.1) is 22.7 Å². The Labute approximate surface area is 148 Å². The summed E-state index contributed by atoms with van der Waals surface area (Å²) in [4.78, 5) is 23.0. The monoisotopic (exact) mass is 355 g/mol. The molecule has 0 bridgehead atoms. The first-order valence-electron chi connectivity index (χ1n) is 8.21. The molecule has 6 heteroatoms. The summed E-state index contributed by atoms with van der Waals surface area (Å²) >= 11 is 3.54. The molecule has 1 amide bonds. The van der Waals surface area contributed by atoms with Crippen molar-refractivity contribution in [2.45, 2.75) is 13.0 Å². The first kappa shape index (κ1) is 14.4. The summed E-state index contributed by atoms with van der Waals surface area (Å²) in [5.41, 5.74) is 3.61. The van der Waals surface area contributed by atoms with Crippen LogP contribution in [0.25, 0.3) is 10.2 Å². The molecule has 1 fully saturated rings. The number of aromatic nitrogens is 1. The molecular weight excluding hydrogens is 338 g/mol. The van der Waals surface area contributed by atoms with Crippen LogP contribution in [0.15, 0.2) is 35.2 Å². The summed E-state index contributed by atoms with van der Waals surface area (Å²) in [6, 6.07) is 6.28. The van der Waals surface area contributed by atoms with Gasteiger partial charge in [0.05, 0.1) is 21.8 Å². The Morgan fingerprint density at radius 1 is 1.17 bits per heavy atom. The number of thiophene rings is 2. The van der Waals surface area contributed by atoms with Crippen molar-refractivity contribution in [1.29, 1.82) is 0 Å². The molecule has 2 aliphatic heterocycles. The average Bonchev–Trinajstić information content (AvgIpc) is 3.21. The number of anilines is 1. The highest BCUT2D eigenvalue weighted by atomic mass is 32.1. The number of carbonyl (C=O) groups is 1. The van der Waals surface area contributed by atoms with Crippen LogP contribution < -0.4 is 4.90 Å². The van der Waals surface area contributed by atoms with Crippen LogP contribution in [0, 0.1) is 5.92 Å². The fraction of sp³-hybridized carbons (Fsp3) is 0.333. The quantitative estimate of drug-likeness (QED) is 0.707. The maximum atomic E-state index is 12.8. The molecule has 0 saturated carbocycles. The van der Waals surface area contributed by atoms with Crippen LogP contribution in [0.3, 0.4) is 0 Å². The normalized spacial score (nSPS) is 17.8. The number of nitrogens with zero attached hydrogens (tertiary/aromatic N) is 3. The Balaban J connectivity index is 1.28. The molecule has 0 aromatic carbocycles. The fourth-order valence-corrected chi connectivity index (χ4v) is 5.42. The SMILES string of the molecule is O=C(C1CN(c2ccnc3ccsc23)C1)N1CCc2sccc2C1. The highest BCUT2D eigenvalue weighted by molar-refractivity contribution is 7.17. The van der Waals surface area contributed by atoms with Crippen molar-refractivity contribution in [3.8, 4) is 0 Å². The van der Waals surface area contributed by atoms with E-state index >= 15 is 0 Å². The van der Waals surface area contributed by atoms with E-state index in [9.17, 15) is 4.79 Å². The minimum atomic E-state index is 0.133. The fourth-order valence-electron chi connectivity index (χ4n) is 3.63. The van der Waals surface area contributed by atoms with E-state index in [1.165, 1.54) is 20.8 Å². The summed E-state index contributed by atoms with van der Waals surface area (Å²) in [6.07, 6.45) is 2.87. The van der Waals surface area contributed by atoms with Crippen molar-refractivity contribution < 1.29 is 4.79 Å². The van der Waals surface area contributed by atoms with Crippen molar-refractivity contribution in [1.82, 2.24) is 9.88 Å². The van der Waals surface area contributed by atoms with Gasteiger partial charge in [0.1, 0.15) is 0 Å². The molecule has 0 unspecified atom stereocenters. The number of hydrogen-bond acceptors (Lipinski definition) is 5. The number of hydrogen-bond donors (Lipinski definition) is 0. The molecule has 1 saturated heterocycles. The minimum Gasteiger partial charge on any atom is -0.369 e. The van der Waals surface area contributed by atoms with Crippen molar-refractivity contribution in [3.05, 3.63) is 45.6 Å². The van der Waals surface area contributed by atoms with E-state index in [2.05, 4.69) is 38.8 Å². The summed E-state index contributed by atoms with van der Waals surface area (Å²) in [5, 5.41) is 4.22. The molecule has 5 rings (SSSR count). The van der Waals surface area contributed by atoms with E-state index < -0.39 is 0 Å². The van der Waals surface area contributed by atoms with Gasteiger partial charge in [-0.1, -0.05) is 0 Å². The van der Waals surface area contributed by atoms with Crippen LogP contribution in [0.5, 0.6) is 0 Å². The largest absolute Gasteiger partial charge is 0.369 e. The topological polar surface area (TPSA) is 36.4 Å². The molecule has 24 heavy (non-hydrogen) atoms. The molecule has 5 heterocycles. The molecule has 3 aromatic heterocycles. The average molecular weight is 355 g/mol. The van der Waals surface area contributed by atoms with Gasteiger partial charge in [0.15, 0.2) is 0 Å². The smallest absolute Gasteiger partial charge is 0.229 e. The lowest BCUT2D eigenvalue weighted by molar-refractivity contribution is -0.137. The predicted octanol–water partition coefficient (Wildman–Crippen LogP) is 3.38. The molecule has 4 nitrogen and oxygen atoms in total. The van der Waals surface area contributed by atoms with E-state index in [-0.39, 0.29) is 5.92 Å². The van der Waals surface area contributed by atoms with Crippen molar-refractivity contribution in [2.24, 2.45) is 5.92 Å². The van der Waals surface area contributed by atoms with Crippen molar-refractivity contribution >= 4 is 44.5 Å². The Morgan fingerprint density at radius 3 is 2.96 bits per heavy atom. The lowest BCUT2D eigenvalue weighted by Gasteiger charge is -2.42. The van der Waals surface area contributed by atoms with E-state index in [1.807, 2.05) is 22.4 Å². The maximum absolute atomic E-state index is 12.8. The van der Waals surface area contributed by atoms with Gasteiger partial charge < -0.3 is 9.80 Å². The molecule has 2 aliphatic rings. The van der Waals surface area contributed by atoms with E-state index in [1.54, 1.807) is 11.3 Å². The van der Waals surface area contributed by atoms with Gasteiger partial charge >= 0.3 is 0 Å². The highest BCUT2D eigenvalue weighted by Crippen LogP contribution is 2.35. The second-order valence-corrected chi connectivity index (χ2v) is 8.36. The number of fused-ring (bicyclic) bond motifs is 2. The third-order valence-electron chi connectivity index (χ3n) is 5.01. The van der Waals surface area contributed by atoms with Gasteiger partial charge in [-0.3, -0.25) is 9.78 Å². The minimum absolute atomic E-state index is 0.133.